The van der Waals surface area contributed by atoms with Gasteiger partial charge < -0.3 is 39.7 Å². The number of carbonyl (C=O) groups is 2. The third kappa shape index (κ3) is 6.34. The minimum atomic E-state index is -1.16. The lowest BCUT2D eigenvalue weighted by Gasteiger charge is -2.41. The maximum Gasteiger partial charge on any atom is 0.247 e. The summed E-state index contributed by atoms with van der Waals surface area (Å²) in [5.74, 6) is 0.244. The molecule has 1 heterocycles. The van der Waals surface area contributed by atoms with E-state index in [1.165, 1.54) is 7.11 Å². The summed E-state index contributed by atoms with van der Waals surface area (Å²) in [6, 6.07) is 10.1. The average Bonchev–Trinajstić information content (AvgIpc) is 3.39. The Labute approximate surface area is 240 Å². The molecule has 0 aromatic heterocycles. The SMILES string of the molecule is CCCCC(=O)N(CCc1ccccc1OC)C1C=C(C(=O)NCCO)C2c3cc(CO)cc(OC)c3OC2C1O. The summed E-state index contributed by atoms with van der Waals surface area (Å²) in [5, 5.41) is 33.7. The quantitative estimate of drug-likeness (QED) is 0.288. The first-order chi connectivity index (χ1) is 19.9. The third-order valence-corrected chi connectivity index (χ3v) is 7.73. The highest BCUT2D eigenvalue weighted by Gasteiger charge is 2.51. The van der Waals surface area contributed by atoms with Crippen LogP contribution in [0.25, 0.3) is 0 Å². The van der Waals surface area contributed by atoms with Crippen molar-refractivity contribution in [2.75, 3.05) is 33.9 Å². The van der Waals surface area contributed by atoms with Crippen LogP contribution in [0.3, 0.4) is 0 Å². The highest BCUT2D eigenvalue weighted by molar-refractivity contribution is 5.96. The molecule has 1 aliphatic carbocycles. The second-order valence-electron chi connectivity index (χ2n) is 10.3. The molecule has 4 N–H and O–H groups in total. The van der Waals surface area contributed by atoms with E-state index in [-0.39, 0.29) is 32.2 Å². The average molecular weight is 569 g/mol. The molecule has 0 bridgehead atoms. The van der Waals surface area contributed by atoms with Crippen molar-refractivity contribution < 1.29 is 39.1 Å². The van der Waals surface area contributed by atoms with E-state index in [2.05, 4.69) is 5.32 Å². The maximum atomic E-state index is 13.6. The van der Waals surface area contributed by atoms with E-state index in [0.29, 0.717) is 53.2 Å². The molecule has 222 valence electrons. The molecule has 2 aliphatic rings. The fourth-order valence-corrected chi connectivity index (χ4v) is 5.68. The molecule has 10 nitrogen and oxygen atoms in total. The number of benzene rings is 2. The maximum absolute atomic E-state index is 13.6. The number of nitrogens with one attached hydrogen (secondary N) is 1. The molecular formula is C31H40N2O8. The Morgan fingerprint density at radius 2 is 1.85 bits per heavy atom. The van der Waals surface area contributed by atoms with Crippen LogP contribution in [-0.2, 0) is 22.6 Å². The van der Waals surface area contributed by atoms with Crippen LogP contribution in [0.5, 0.6) is 17.2 Å². The number of fused-ring (bicyclic) bond motifs is 3. The molecule has 0 fully saturated rings. The summed E-state index contributed by atoms with van der Waals surface area (Å²) in [6.45, 7) is 1.85. The largest absolute Gasteiger partial charge is 0.496 e. The zero-order valence-electron chi connectivity index (χ0n) is 23.8. The molecule has 2 aromatic carbocycles. The summed E-state index contributed by atoms with van der Waals surface area (Å²) < 4.78 is 17.3. The molecule has 4 atom stereocenters. The van der Waals surface area contributed by atoms with E-state index < -0.39 is 30.1 Å². The highest BCUT2D eigenvalue weighted by atomic mass is 16.5. The number of unbranched alkanes of at least 4 members (excludes halogenated alkanes) is 1. The van der Waals surface area contributed by atoms with Crippen molar-refractivity contribution in [2.24, 2.45) is 0 Å². The molecule has 1 aliphatic heterocycles. The fraction of sp³-hybridized carbons (Fsp3) is 0.484. The predicted octanol–water partition coefficient (Wildman–Crippen LogP) is 2.08. The lowest BCUT2D eigenvalue weighted by atomic mass is 9.77. The second-order valence-corrected chi connectivity index (χ2v) is 10.3. The van der Waals surface area contributed by atoms with Crippen molar-refractivity contribution in [3.05, 3.63) is 64.7 Å². The molecule has 0 spiro atoms. The standard InChI is InChI=1S/C31H40N2O8/c1-4-5-10-26(36)33(13-11-20-8-6-7-9-24(20)39-2)23-17-22(31(38)32-12-14-34)27-21-15-19(18-35)16-25(40-3)29(21)41-30(27)28(23)37/h6-9,15-17,23,27-28,30,34-35,37H,4-5,10-14,18H2,1-3H3,(H,32,38). The summed E-state index contributed by atoms with van der Waals surface area (Å²) in [6.07, 6.45) is 1.91. The van der Waals surface area contributed by atoms with Gasteiger partial charge in [0.1, 0.15) is 18.0 Å². The summed E-state index contributed by atoms with van der Waals surface area (Å²) in [4.78, 5) is 28.7. The third-order valence-electron chi connectivity index (χ3n) is 7.73. The first-order valence-corrected chi connectivity index (χ1v) is 14.1. The molecule has 2 aromatic rings. The lowest BCUT2D eigenvalue weighted by molar-refractivity contribution is -0.137. The summed E-state index contributed by atoms with van der Waals surface area (Å²) >= 11 is 0. The minimum absolute atomic E-state index is 0.0431. The monoisotopic (exact) mass is 568 g/mol. The van der Waals surface area contributed by atoms with Gasteiger partial charge in [-0.3, -0.25) is 9.59 Å². The first kappa shape index (κ1) is 30.4. The Hall–Kier alpha value is -3.60. The lowest BCUT2D eigenvalue weighted by Crippen LogP contribution is -2.56. The second kappa shape index (κ2) is 13.8. The van der Waals surface area contributed by atoms with Crippen LogP contribution in [0, 0.1) is 0 Å². The normalized spacial score (nSPS) is 20.8. The number of aliphatic hydroxyl groups excluding tert-OH is 3. The van der Waals surface area contributed by atoms with Crippen molar-refractivity contribution in [3.8, 4) is 17.2 Å². The van der Waals surface area contributed by atoms with Crippen LogP contribution in [0.4, 0.5) is 0 Å². The van der Waals surface area contributed by atoms with E-state index >= 15 is 0 Å². The number of aliphatic hydroxyl groups is 3. The van der Waals surface area contributed by atoms with Crippen molar-refractivity contribution in [3.63, 3.8) is 0 Å². The Morgan fingerprint density at radius 3 is 2.54 bits per heavy atom. The van der Waals surface area contributed by atoms with Gasteiger partial charge in [0.05, 0.1) is 39.4 Å². The zero-order valence-corrected chi connectivity index (χ0v) is 23.8. The van der Waals surface area contributed by atoms with Gasteiger partial charge in [-0.1, -0.05) is 31.5 Å². The molecule has 2 amide bonds. The van der Waals surface area contributed by atoms with Gasteiger partial charge >= 0.3 is 0 Å². The van der Waals surface area contributed by atoms with Gasteiger partial charge in [-0.2, -0.15) is 0 Å². The summed E-state index contributed by atoms with van der Waals surface area (Å²) in [5.41, 5.74) is 2.42. The van der Waals surface area contributed by atoms with Gasteiger partial charge in [0, 0.05) is 30.6 Å². The van der Waals surface area contributed by atoms with Gasteiger partial charge in [-0.05, 0) is 48.2 Å². The zero-order chi connectivity index (χ0) is 29.5. The molecular weight excluding hydrogens is 528 g/mol. The fourth-order valence-electron chi connectivity index (χ4n) is 5.68. The van der Waals surface area contributed by atoms with Gasteiger partial charge in [-0.25, -0.2) is 0 Å². The molecule has 41 heavy (non-hydrogen) atoms. The van der Waals surface area contributed by atoms with Crippen LogP contribution in [0.1, 0.15) is 48.8 Å². The van der Waals surface area contributed by atoms with Crippen LogP contribution < -0.4 is 19.5 Å². The van der Waals surface area contributed by atoms with Crippen LogP contribution >= 0.6 is 0 Å². The van der Waals surface area contributed by atoms with E-state index in [9.17, 15) is 24.9 Å². The number of nitrogens with zero attached hydrogens (tertiary/aromatic N) is 1. The Bertz CT molecular complexity index is 1260. The van der Waals surface area contributed by atoms with E-state index in [1.54, 1.807) is 30.2 Å². The van der Waals surface area contributed by atoms with Crippen molar-refractivity contribution in [2.45, 2.75) is 63.4 Å². The summed E-state index contributed by atoms with van der Waals surface area (Å²) in [7, 11) is 3.08. The molecule has 0 saturated heterocycles. The predicted molar refractivity (Wildman–Crippen MR) is 152 cm³/mol. The number of ether oxygens (including phenoxy) is 3. The van der Waals surface area contributed by atoms with Crippen LogP contribution in [-0.4, -0.2) is 84.2 Å². The number of amides is 2. The van der Waals surface area contributed by atoms with Gasteiger partial charge in [-0.15, -0.1) is 0 Å². The van der Waals surface area contributed by atoms with Gasteiger partial charge in [0.15, 0.2) is 11.5 Å². The molecule has 0 radical (unpaired) electrons. The van der Waals surface area contributed by atoms with Crippen LogP contribution in [0.15, 0.2) is 48.0 Å². The first-order valence-electron chi connectivity index (χ1n) is 14.1. The number of hydrogen-bond donors (Lipinski definition) is 4. The Kier molecular flexibility index (Phi) is 10.3. The Balaban J connectivity index is 1.76. The van der Waals surface area contributed by atoms with Crippen LogP contribution in [0.2, 0.25) is 0 Å². The number of methoxy groups -OCH3 is 2. The van der Waals surface area contributed by atoms with Gasteiger partial charge in [0.2, 0.25) is 11.8 Å². The van der Waals surface area contributed by atoms with E-state index in [4.69, 9.17) is 14.2 Å². The molecule has 10 heteroatoms. The minimum Gasteiger partial charge on any atom is -0.496 e. The smallest absolute Gasteiger partial charge is 0.247 e. The van der Waals surface area contributed by atoms with E-state index in [1.807, 2.05) is 31.2 Å². The van der Waals surface area contributed by atoms with Crippen molar-refractivity contribution >= 4 is 11.8 Å². The Morgan fingerprint density at radius 1 is 1.10 bits per heavy atom. The van der Waals surface area contributed by atoms with E-state index in [0.717, 1.165) is 12.0 Å². The molecule has 4 unspecified atom stereocenters. The topological polar surface area (TPSA) is 138 Å². The number of hydrogen-bond acceptors (Lipinski definition) is 8. The highest BCUT2D eigenvalue weighted by Crippen LogP contribution is 2.51. The van der Waals surface area contributed by atoms with Gasteiger partial charge in [0.25, 0.3) is 0 Å². The molecule has 4 rings (SSSR count). The molecule has 0 saturated carbocycles. The van der Waals surface area contributed by atoms with Crippen molar-refractivity contribution in [1.29, 1.82) is 0 Å². The van der Waals surface area contributed by atoms with Crippen molar-refractivity contribution in [1.82, 2.24) is 10.2 Å². The number of rotatable bonds is 13. The number of carbonyl (C=O) groups excluding carboxylic acids is 2. The number of para-hydroxylation sites is 1.